The van der Waals surface area contributed by atoms with Crippen molar-refractivity contribution in [3.63, 3.8) is 0 Å². The lowest BCUT2D eigenvalue weighted by molar-refractivity contribution is 0.200. The quantitative estimate of drug-likeness (QED) is 0.835. The van der Waals surface area contributed by atoms with Crippen molar-refractivity contribution in [2.45, 2.75) is 19.4 Å². The molecule has 1 rings (SSSR count). The zero-order chi connectivity index (χ0) is 12.1. The molecule has 1 aromatic rings. The van der Waals surface area contributed by atoms with Crippen LogP contribution in [0.3, 0.4) is 0 Å². The molecular weight excluding hydrogens is 226 g/mol. The Morgan fingerprint density at radius 2 is 2.19 bits per heavy atom. The van der Waals surface area contributed by atoms with Crippen LogP contribution in [0.15, 0.2) is 18.2 Å². The van der Waals surface area contributed by atoms with Gasteiger partial charge in [0, 0.05) is 23.6 Å². The zero-order valence-corrected chi connectivity index (χ0v) is 10.4. The summed E-state index contributed by atoms with van der Waals surface area (Å²) in [5.74, 6) is 0.740. The first-order chi connectivity index (χ1) is 7.63. The second kappa shape index (κ2) is 6.09. The molecule has 3 nitrogen and oxygen atoms in total. The molecule has 90 valence electrons. The highest BCUT2D eigenvalue weighted by Gasteiger charge is 2.19. The lowest BCUT2D eigenvalue weighted by Crippen LogP contribution is -2.24. The van der Waals surface area contributed by atoms with Gasteiger partial charge in [0.2, 0.25) is 0 Å². The number of nitrogens with two attached hydrogens (primary N) is 1. The third kappa shape index (κ3) is 2.88. The summed E-state index contributed by atoms with van der Waals surface area (Å²) < 4.78 is 5.07. The number of benzene rings is 1. The van der Waals surface area contributed by atoms with Crippen LogP contribution < -0.4 is 10.5 Å². The number of rotatable bonds is 5. The lowest BCUT2D eigenvalue weighted by Gasteiger charge is -2.22. The van der Waals surface area contributed by atoms with Crippen LogP contribution in [0, 0.1) is 5.92 Å². The van der Waals surface area contributed by atoms with Gasteiger partial charge in [0.1, 0.15) is 5.75 Å². The van der Waals surface area contributed by atoms with Crippen molar-refractivity contribution >= 4 is 11.6 Å². The molecule has 0 aromatic heterocycles. The Kier molecular flexibility index (Phi) is 5.06. The number of aliphatic hydroxyl groups is 1. The van der Waals surface area contributed by atoms with E-state index in [0.717, 1.165) is 12.0 Å². The smallest absolute Gasteiger partial charge is 0.120 e. The van der Waals surface area contributed by atoms with E-state index in [2.05, 4.69) is 0 Å². The molecule has 0 spiro atoms. The molecule has 0 aliphatic rings. The van der Waals surface area contributed by atoms with E-state index in [1.807, 2.05) is 19.1 Å². The van der Waals surface area contributed by atoms with Crippen molar-refractivity contribution in [1.82, 2.24) is 0 Å². The Morgan fingerprint density at radius 1 is 1.50 bits per heavy atom. The van der Waals surface area contributed by atoms with Gasteiger partial charge in [0.15, 0.2) is 0 Å². The van der Waals surface area contributed by atoms with Gasteiger partial charge in [0.05, 0.1) is 7.11 Å². The van der Waals surface area contributed by atoms with E-state index in [-0.39, 0.29) is 18.6 Å². The number of hydrogen-bond donors (Lipinski definition) is 2. The van der Waals surface area contributed by atoms with Crippen molar-refractivity contribution in [2.24, 2.45) is 11.7 Å². The molecule has 0 aliphatic heterocycles. The van der Waals surface area contributed by atoms with Gasteiger partial charge in [-0.2, -0.15) is 0 Å². The fourth-order valence-electron chi connectivity index (χ4n) is 1.66. The van der Waals surface area contributed by atoms with Gasteiger partial charge < -0.3 is 15.6 Å². The average Bonchev–Trinajstić information content (AvgIpc) is 2.30. The van der Waals surface area contributed by atoms with Crippen molar-refractivity contribution in [3.05, 3.63) is 28.8 Å². The van der Waals surface area contributed by atoms with Crippen molar-refractivity contribution in [2.75, 3.05) is 13.7 Å². The fourth-order valence-corrected chi connectivity index (χ4v) is 1.95. The Hall–Kier alpha value is -0.770. The molecule has 0 aliphatic carbocycles. The first-order valence-electron chi connectivity index (χ1n) is 5.33. The second-order valence-electron chi connectivity index (χ2n) is 3.76. The SMILES string of the molecule is CCC(CO)C(N)c1ccc(OC)cc1Cl. The van der Waals surface area contributed by atoms with Gasteiger partial charge in [-0.15, -0.1) is 0 Å². The van der Waals surface area contributed by atoms with E-state index in [1.54, 1.807) is 13.2 Å². The van der Waals surface area contributed by atoms with Gasteiger partial charge in [0.25, 0.3) is 0 Å². The third-order valence-corrected chi connectivity index (χ3v) is 3.16. The molecule has 0 bridgehead atoms. The Balaban J connectivity index is 2.95. The molecule has 2 unspecified atom stereocenters. The minimum Gasteiger partial charge on any atom is -0.497 e. The van der Waals surface area contributed by atoms with Crippen LogP contribution in [-0.2, 0) is 0 Å². The summed E-state index contributed by atoms with van der Waals surface area (Å²) >= 11 is 6.12. The molecule has 0 heterocycles. The normalized spacial score (nSPS) is 14.6. The summed E-state index contributed by atoms with van der Waals surface area (Å²) in [5, 5.41) is 9.78. The van der Waals surface area contributed by atoms with E-state index in [1.165, 1.54) is 0 Å². The first-order valence-corrected chi connectivity index (χ1v) is 5.71. The van der Waals surface area contributed by atoms with Crippen molar-refractivity contribution in [1.29, 1.82) is 0 Å². The van der Waals surface area contributed by atoms with E-state index < -0.39 is 0 Å². The van der Waals surface area contributed by atoms with Crippen LogP contribution >= 0.6 is 11.6 Å². The molecular formula is C12H18ClNO2. The Morgan fingerprint density at radius 3 is 2.62 bits per heavy atom. The predicted octanol–water partition coefficient (Wildman–Crippen LogP) is 2.37. The van der Waals surface area contributed by atoms with Crippen molar-refractivity contribution in [3.8, 4) is 5.75 Å². The largest absolute Gasteiger partial charge is 0.497 e. The molecule has 0 saturated carbocycles. The molecule has 16 heavy (non-hydrogen) atoms. The fraction of sp³-hybridized carbons (Fsp3) is 0.500. The van der Waals surface area contributed by atoms with Gasteiger partial charge in [-0.3, -0.25) is 0 Å². The third-order valence-electron chi connectivity index (χ3n) is 2.83. The lowest BCUT2D eigenvalue weighted by atomic mass is 9.92. The van der Waals surface area contributed by atoms with Crippen LogP contribution in [0.4, 0.5) is 0 Å². The van der Waals surface area contributed by atoms with Gasteiger partial charge in [-0.1, -0.05) is 24.6 Å². The highest BCUT2D eigenvalue weighted by atomic mass is 35.5. The standard InChI is InChI=1S/C12H18ClNO2/c1-3-8(7-15)12(14)10-5-4-9(16-2)6-11(10)13/h4-6,8,12,15H,3,7,14H2,1-2H3. The summed E-state index contributed by atoms with van der Waals surface area (Å²) in [5.41, 5.74) is 6.92. The maximum Gasteiger partial charge on any atom is 0.120 e. The van der Waals surface area contributed by atoms with E-state index in [4.69, 9.17) is 22.1 Å². The molecule has 1 aromatic carbocycles. The van der Waals surface area contributed by atoms with Crippen LogP contribution in [0.1, 0.15) is 24.9 Å². The molecule has 4 heteroatoms. The van der Waals surface area contributed by atoms with Crippen LogP contribution in [0.25, 0.3) is 0 Å². The highest BCUT2D eigenvalue weighted by Crippen LogP contribution is 2.30. The Bertz CT molecular complexity index is 340. The van der Waals surface area contributed by atoms with E-state index in [0.29, 0.717) is 10.8 Å². The summed E-state index contributed by atoms with van der Waals surface area (Å²) in [6.45, 7) is 2.07. The minimum atomic E-state index is -0.242. The number of hydrogen-bond acceptors (Lipinski definition) is 3. The summed E-state index contributed by atoms with van der Waals surface area (Å²) in [7, 11) is 1.59. The summed E-state index contributed by atoms with van der Waals surface area (Å²) in [6, 6.07) is 5.17. The number of methoxy groups -OCH3 is 1. The Labute approximate surface area is 101 Å². The van der Waals surface area contributed by atoms with Crippen LogP contribution in [-0.4, -0.2) is 18.8 Å². The monoisotopic (exact) mass is 243 g/mol. The highest BCUT2D eigenvalue weighted by molar-refractivity contribution is 6.31. The first kappa shape index (κ1) is 13.3. The topological polar surface area (TPSA) is 55.5 Å². The maximum absolute atomic E-state index is 9.20. The van der Waals surface area contributed by atoms with E-state index in [9.17, 15) is 5.11 Å². The van der Waals surface area contributed by atoms with Gasteiger partial charge >= 0.3 is 0 Å². The summed E-state index contributed by atoms with van der Waals surface area (Å²) in [4.78, 5) is 0. The molecule has 0 amide bonds. The number of halogens is 1. The van der Waals surface area contributed by atoms with Crippen LogP contribution in [0.2, 0.25) is 5.02 Å². The van der Waals surface area contributed by atoms with Gasteiger partial charge in [-0.05, 0) is 24.1 Å². The van der Waals surface area contributed by atoms with Gasteiger partial charge in [-0.25, -0.2) is 0 Å². The summed E-state index contributed by atoms with van der Waals surface area (Å²) in [6.07, 6.45) is 0.819. The molecule has 0 saturated heterocycles. The molecule has 0 fully saturated rings. The molecule has 2 atom stereocenters. The number of aliphatic hydroxyl groups excluding tert-OH is 1. The predicted molar refractivity (Wildman–Crippen MR) is 65.8 cm³/mol. The molecule has 0 radical (unpaired) electrons. The zero-order valence-electron chi connectivity index (χ0n) is 9.61. The van der Waals surface area contributed by atoms with E-state index >= 15 is 0 Å². The maximum atomic E-state index is 9.20. The number of ether oxygens (including phenoxy) is 1. The minimum absolute atomic E-state index is 0.0332. The second-order valence-corrected chi connectivity index (χ2v) is 4.17. The van der Waals surface area contributed by atoms with Crippen LogP contribution in [0.5, 0.6) is 5.75 Å². The molecule has 3 N–H and O–H groups in total. The van der Waals surface area contributed by atoms with Crippen molar-refractivity contribution < 1.29 is 9.84 Å². The average molecular weight is 244 g/mol.